The lowest BCUT2D eigenvalue weighted by Crippen LogP contribution is -2.37. The Labute approximate surface area is 134 Å². The molecule has 7 heteroatoms. The number of nitrogens with zero attached hydrogens (tertiary/aromatic N) is 1. The van der Waals surface area contributed by atoms with Crippen molar-refractivity contribution in [2.45, 2.75) is 18.9 Å². The number of methoxy groups -OCH3 is 2. The first-order valence-electron chi connectivity index (χ1n) is 6.96. The Morgan fingerprint density at radius 3 is 2.73 bits per heavy atom. The van der Waals surface area contributed by atoms with Gasteiger partial charge >= 0.3 is 0 Å². The summed E-state index contributed by atoms with van der Waals surface area (Å²) in [4.78, 5) is 25.4. The van der Waals surface area contributed by atoms with E-state index in [1.807, 2.05) is 0 Å². The number of ether oxygens (including phenoxy) is 2. The van der Waals surface area contributed by atoms with Crippen molar-refractivity contribution in [2.75, 3.05) is 31.5 Å². The zero-order valence-corrected chi connectivity index (χ0v) is 13.4. The predicted molar refractivity (Wildman–Crippen MR) is 83.8 cm³/mol. The van der Waals surface area contributed by atoms with Gasteiger partial charge in [0, 0.05) is 37.0 Å². The van der Waals surface area contributed by atoms with Gasteiger partial charge < -0.3 is 19.7 Å². The van der Waals surface area contributed by atoms with Crippen molar-refractivity contribution in [2.24, 2.45) is 0 Å². The largest absolute Gasteiger partial charge is 0.493 e. The molecule has 120 valence electrons. The first-order chi connectivity index (χ1) is 10.6. The molecule has 1 aliphatic heterocycles. The molecule has 1 saturated heterocycles. The van der Waals surface area contributed by atoms with Crippen molar-refractivity contribution < 1.29 is 19.1 Å². The Balaban J connectivity index is 2.10. The Hall–Kier alpha value is -1.95. The molecule has 0 radical (unpaired) electrons. The van der Waals surface area contributed by atoms with Gasteiger partial charge in [0.25, 0.3) is 0 Å². The molecule has 2 rings (SSSR count). The van der Waals surface area contributed by atoms with Gasteiger partial charge in [-0.25, -0.2) is 0 Å². The van der Waals surface area contributed by atoms with Crippen LogP contribution in [0.1, 0.15) is 12.8 Å². The van der Waals surface area contributed by atoms with E-state index in [0.29, 0.717) is 18.0 Å². The molecule has 1 fully saturated rings. The van der Waals surface area contributed by atoms with Crippen molar-refractivity contribution in [3.05, 3.63) is 18.2 Å². The fraction of sp³-hybridized carbons (Fsp3) is 0.467. The molecule has 1 atom stereocenters. The Bertz CT molecular complexity index is 564. The van der Waals surface area contributed by atoms with Crippen molar-refractivity contribution in [3.8, 4) is 11.5 Å². The summed E-state index contributed by atoms with van der Waals surface area (Å²) in [5.41, 5.74) is 0.719. The molecular weight excluding hydrogens is 308 g/mol. The van der Waals surface area contributed by atoms with Gasteiger partial charge in [-0.1, -0.05) is 0 Å². The number of anilines is 1. The maximum Gasteiger partial charge on any atom is 0.229 e. The highest BCUT2D eigenvalue weighted by Gasteiger charge is 2.31. The van der Waals surface area contributed by atoms with Crippen LogP contribution >= 0.6 is 11.6 Å². The lowest BCUT2D eigenvalue weighted by molar-refractivity contribution is -0.121. The number of nitrogens with one attached hydrogen (secondary N) is 1. The summed E-state index contributed by atoms with van der Waals surface area (Å²) in [5, 5.41) is 2.82. The number of carbonyl (C=O) groups excluding carboxylic acids is 2. The summed E-state index contributed by atoms with van der Waals surface area (Å²) in [6.07, 6.45) is 0.533. The molecule has 1 N–H and O–H groups in total. The third-order valence-corrected chi connectivity index (χ3v) is 3.68. The van der Waals surface area contributed by atoms with Crippen LogP contribution < -0.4 is 19.7 Å². The molecule has 1 aromatic carbocycles. The molecule has 0 unspecified atom stereocenters. The quantitative estimate of drug-likeness (QED) is 0.805. The fourth-order valence-corrected chi connectivity index (χ4v) is 2.60. The Morgan fingerprint density at radius 1 is 1.36 bits per heavy atom. The van der Waals surface area contributed by atoms with Gasteiger partial charge in [0.1, 0.15) is 0 Å². The third-order valence-electron chi connectivity index (χ3n) is 3.49. The van der Waals surface area contributed by atoms with Gasteiger partial charge in [0.2, 0.25) is 11.8 Å². The molecule has 0 aliphatic carbocycles. The van der Waals surface area contributed by atoms with Gasteiger partial charge in [-0.3, -0.25) is 9.59 Å². The highest BCUT2D eigenvalue weighted by molar-refractivity contribution is 6.18. The Morgan fingerprint density at radius 2 is 2.09 bits per heavy atom. The number of hydrogen-bond acceptors (Lipinski definition) is 4. The van der Waals surface area contributed by atoms with Crippen LogP contribution in [0.2, 0.25) is 0 Å². The average Bonchev–Trinajstić information content (AvgIpc) is 2.87. The first-order valence-corrected chi connectivity index (χ1v) is 7.50. The molecule has 1 aromatic rings. The van der Waals surface area contributed by atoms with Crippen molar-refractivity contribution in [1.82, 2.24) is 5.32 Å². The average molecular weight is 327 g/mol. The molecule has 0 bridgehead atoms. The van der Waals surface area contributed by atoms with Crippen LogP contribution in [0, 0.1) is 0 Å². The SMILES string of the molecule is COc1ccc(N2C[C@H](NC(=O)CCCl)CC2=O)cc1OC. The number of amides is 2. The maximum atomic E-state index is 12.2. The number of hydrogen-bond donors (Lipinski definition) is 1. The minimum absolute atomic E-state index is 0.0385. The van der Waals surface area contributed by atoms with Gasteiger partial charge in [-0.05, 0) is 12.1 Å². The van der Waals surface area contributed by atoms with E-state index in [0.717, 1.165) is 5.69 Å². The highest BCUT2D eigenvalue weighted by Crippen LogP contribution is 2.33. The molecule has 0 aromatic heterocycles. The normalized spacial score (nSPS) is 17.5. The van der Waals surface area contributed by atoms with Crippen LogP contribution in [0.4, 0.5) is 5.69 Å². The summed E-state index contributed by atoms with van der Waals surface area (Å²) >= 11 is 5.53. The van der Waals surface area contributed by atoms with E-state index in [1.165, 1.54) is 0 Å². The lowest BCUT2D eigenvalue weighted by atomic mass is 10.2. The van der Waals surface area contributed by atoms with E-state index in [1.54, 1.807) is 37.3 Å². The summed E-state index contributed by atoms with van der Waals surface area (Å²) in [6, 6.07) is 5.10. The second kappa shape index (κ2) is 7.35. The van der Waals surface area contributed by atoms with Crippen molar-refractivity contribution in [1.29, 1.82) is 0 Å². The minimum Gasteiger partial charge on any atom is -0.493 e. The van der Waals surface area contributed by atoms with E-state index in [4.69, 9.17) is 21.1 Å². The van der Waals surface area contributed by atoms with Crippen LogP contribution in [0.25, 0.3) is 0 Å². The van der Waals surface area contributed by atoms with E-state index in [-0.39, 0.29) is 36.6 Å². The molecule has 6 nitrogen and oxygen atoms in total. The minimum atomic E-state index is -0.198. The molecule has 0 spiro atoms. The first kappa shape index (κ1) is 16.4. The zero-order valence-electron chi connectivity index (χ0n) is 12.6. The van der Waals surface area contributed by atoms with Gasteiger partial charge in [-0.2, -0.15) is 0 Å². The molecule has 22 heavy (non-hydrogen) atoms. The summed E-state index contributed by atoms with van der Waals surface area (Å²) in [5.74, 6) is 1.25. The van der Waals surface area contributed by atoms with Gasteiger partial charge in [0.05, 0.1) is 20.3 Å². The standard InChI is InChI=1S/C15H19ClN2O4/c1-21-12-4-3-11(8-13(12)22-2)18-9-10(7-15(18)20)17-14(19)5-6-16/h3-4,8,10H,5-7,9H2,1-2H3,(H,17,19)/t10-/m1/s1. The lowest BCUT2D eigenvalue weighted by Gasteiger charge is -2.19. The van der Waals surface area contributed by atoms with Gasteiger partial charge in [-0.15, -0.1) is 11.6 Å². The predicted octanol–water partition coefficient (Wildman–Crippen LogP) is 1.55. The molecule has 2 amide bonds. The van der Waals surface area contributed by atoms with Crippen molar-refractivity contribution >= 4 is 29.1 Å². The smallest absolute Gasteiger partial charge is 0.229 e. The topological polar surface area (TPSA) is 67.9 Å². The number of halogens is 1. The third kappa shape index (κ3) is 3.62. The summed E-state index contributed by atoms with van der Waals surface area (Å²) < 4.78 is 10.4. The molecule has 1 aliphatic rings. The second-order valence-electron chi connectivity index (χ2n) is 4.95. The highest BCUT2D eigenvalue weighted by atomic mass is 35.5. The fourth-order valence-electron chi connectivity index (χ4n) is 2.43. The van der Waals surface area contributed by atoms with E-state index in [2.05, 4.69) is 5.32 Å². The van der Waals surface area contributed by atoms with E-state index < -0.39 is 0 Å². The van der Waals surface area contributed by atoms with Crippen LogP contribution in [-0.2, 0) is 9.59 Å². The number of benzene rings is 1. The summed E-state index contributed by atoms with van der Waals surface area (Å²) in [6.45, 7) is 0.433. The number of alkyl halides is 1. The zero-order chi connectivity index (χ0) is 16.1. The van der Waals surface area contributed by atoms with E-state index >= 15 is 0 Å². The van der Waals surface area contributed by atoms with E-state index in [9.17, 15) is 9.59 Å². The summed E-state index contributed by atoms with van der Waals surface area (Å²) in [7, 11) is 3.10. The van der Waals surface area contributed by atoms with Crippen LogP contribution in [-0.4, -0.2) is 44.5 Å². The molecular formula is C15H19ClN2O4. The van der Waals surface area contributed by atoms with Crippen LogP contribution in [0.3, 0.4) is 0 Å². The monoisotopic (exact) mass is 326 g/mol. The van der Waals surface area contributed by atoms with Crippen LogP contribution in [0.15, 0.2) is 18.2 Å². The number of carbonyl (C=O) groups is 2. The van der Waals surface area contributed by atoms with Gasteiger partial charge in [0.15, 0.2) is 11.5 Å². The molecule has 1 heterocycles. The maximum absolute atomic E-state index is 12.2. The number of rotatable bonds is 6. The van der Waals surface area contributed by atoms with Crippen molar-refractivity contribution in [3.63, 3.8) is 0 Å². The van der Waals surface area contributed by atoms with Crippen LogP contribution in [0.5, 0.6) is 11.5 Å². The molecule has 0 saturated carbocycles. The Kier molecular flexibility index (Phi) is 5.49. The second-order valence-corrected chi connectivity index (χ2v) is 5.33.